The maximum absolute atomic E-state index is 12.3. The molecule has 1 aromatic heterocycles. The van der Waals surface area contributed by atoms with Crippen LogP contribution in [-0.4, -0.2) is 20.4 Å². The van der Waals surface area contributed by atoms with Crippen molar-refractivity contribution in [2.24, 2.45) is 28.8 Å². The second kappa shape index (κ2) is 5.57. The van der Waals surface area contributed by atoms with Crippen LogP contribution in [0.2, 0.25) is 0 Å². The van der Waals surface area contributed by atoms with Crippen molar-refractivity contribution in [3.8, 4) is 0 Å². The van der Waals surface area contributed by atoms with Gasteiger partial charge in [0.15, 0.2) is 0 Å². The van der Waals surface area contributed by atoms with E-state index in [0.29, 0.717) is 12.0 Å². The van der Waals surface area contributed by atoms with Crippen LogP contribution in [-0.2, 0) is 21.2 Å². The summed E-state index contributed by atoms with van der Waals surface area (Å²) in [5.41, 5.74) is 0. The molecule has 1 heterocycles. The second-order valence-corrected chi connectivity index (χ2v) is 10.2. The van der Waals surface area contributed by atoms with Crippen molar-refractivity contribution >= 4 is 27.3 Å². The minimum atomic E-state index is -3.67. The SMILES string of the molecule is NS(=O)(=O)c1ccc(CC(=O)N[C@@H]2C[C@H]3C[C@H]2[C@H]2CCC[C@@H]32)s1. The van der Waals surface area contributed by atoms with Crippen molar-refractivity contribution in [3.63, 3.8) is 0 Å². The summed E-state index contributed by atoms with van der Waals surface area (Å²) in [5.74, 6) is 3.23. The number of nitrogens with two attached hydrogens (primary N) is 1. The lowest BCUT2D eigenvalue weighted by Crippen LogP contribution is -2.43. The fourth-order valence-electron chi connectivity index (χ4n) is 5.26. The van der Waals surface area contributed by atoms with Gasteiger partial charge in [-0.2, -0.15) is 0 Å². The first-order valence-corrected chi connectivity index (χ1v) is 10.7. The number of thiophene rings is 1. The van der Waals surface area contributed by atoms with Crippen LogP contribution < -0.4 is 10.5 Å². The Hall–Kier alpha value is -0.920. The van der Waals surface area contributed by atoms with Gasteiger partial charge >= 0.3 is 0 Å². The van der Waals surface area contributed by atoms with E-state index in [4.69, 9.17) is 5.14 Å². The van der Waals surface area contributed by atoms with Crippen molar-refractivity contribution in [1.29, 1.82) is 0 Å². The van der Waals surface area contributed by atoms with Crippen molar-refractivity contribution in [2.45, 2.75) is 48.8 Å². The number of sulfonamides is 1. The Kier molecular flexibility index (Phi) is 3.77. The summed E-state index contributed by atoms with van der Waals surface area (Å²) < 4.78 is 22.7. The Balaban J connectivity index is 1.37. The fraction of sp³-hybridized carbons (Fsp3) is 0.688. The Morgan fingerprint density at radius 2 is 2.00 bits per heavy atom. The van der Waals surface area contributed by atoms with E-state index in [9.17, 15) is 13.2 Å². The first kappa shape index (κ1) is 15.6. The molecule has 3 saturated carbocycles. The van der Waals surface area contributed by atoms with Crippen LogP contribution in [0.5, 0.6) is 0 Å². The van der Waals surface area contributed by atoms with Gasteiger partial charge in [-0.25, -0.2) is 13.6 Å². The van der Waals surface area contributed by atoms with Gasteiger partial charge in [0.2, 0.25) is 15.9 Å². The summed E-state index contributed by atoms with van der Waals surface area (Å²) in [7, 11) is -3.67. The van der Waals surface area contributed by atoms with Gasteiger partial charge in [0.1, 0.15) is 4.21 Å². The van der Waals surface area contributed by atoms with Gasteiger partial charge in [0.05, 0.1) is 6.42 Å². The lowest BCUT2D eigenvalue weighted by Gasteiger charge is -2.32. The summed E-state index contributed by atoms with van der Waals surface area (Å²) >= 11 is 1.08. The zero-order chi connectivity index (χ0) is 16.2. The number of nitrogens with one attached hydrogen (secondary N) is 1. The van der Waals surface area contributed by atoms with Gasteiger partial charge in [0, 0.05) is 10.9 Å². The molecular formula is C16H22N2O3S2. The van der Waals surface area contributed by atoms with Gasteiger partial charge in [-0.1, -0.05) is 6.42 Å². The molecule has 5 atom stereocenters. The summed E-state index contributed by atoms with van der Waals surface area (Å²) in [4.78, 5) is 13.1. The quantitative estimate of drug-likeness (QED) is 0.865. The number of hydrogen-bond acceptors (Lipinski definition) is 4. The van der Waals surface area contributed by atoms with Crippen LogP contribution in [0.15, 0.2) is 16.3 Å². The molecule has 0 aromatic carbocycles. The second-order valence-electron chi connectivity index (χ2n) is 7.27. The molecule has 5 nitrogen and oxygen atoms in total. The van der Waals surface area contributed by atoms with Gasteiger partial charge < -0.3 is 5.32 Å². The van der Waals surface area contributed by atoms with Crippen molar-refractivity contribution in [1.82, 2.24) is 5.32 Å². The van der Waals surface area contributed by atoms with E-state index in [1.54, 1.807) is 6.07 Å². The molecule has 1 amide bonds. The molecule has 3 aliphatic carbocycles. The van der Waals surface area contributed by atoms with Gasteiger partial charge in [-0.3, -0.25) is 4.79 Å². The average molecular weight is 354 g/mol. The fourth-order valence-corrected chi connectivity index (χ4v) is 7.03. The average Bonchev–Trinajstić information content (AvgIpc) is 3.18. The first-order valence-electron chi connectivity index (χ1n) is 8.32. The van der Waals surface area contributed by atoms with E-state index in [2.05, 4.69) is 5.32 Å². The molecule has 3 N–H and O–H groups in total. The first-order chi connectivity index (χ1) is 10.9. The summed E-state index contributed by atoms with van der Waals surface area (Å²) in [6, 6.07) is 3.48. The number of amides is 1. The summed E-state index contributed by atoms with van der Waals surface area (Å²) in [5, 5.41) is 8.31. The van der Waals surface area contributed by atoms with E-state index in [1.807, 2.05) is 0 Å². The maximum atomic E-state index is 12.3. The monoisotopic (exact) mass is 354 g/mol. The summed E-state index contributed by atoms with van der Waals surface area (Å²) in [6.07, 6.45) is 6.73. The number of carbonyl (C=O) groups is 1. The van der Waals surface area contributed by atoms with Gasteiger partial charge in [-0.15, -0.1) is 11.3 Å². The lowest BCUT2D eigenvalue weighted by molar-refractivity contribution is -0.121. The Bertz CT molecular complexity index is 727. The molecule has 3 aliphatic rings. The highest BCUT2D eigenvalue weighted by Crippen LogP contribution is 2.58. The van der Waals surface area contributed by atoms with Gasteiger partial charge in [-0.05, 0) is 61.5 Å². The molecule has 4 rings (SSSR count). The highest BCUT2D eigenvalue weighted by atomic mass is 32.2. The maximum Gasteiger partial charge on any atom is 0.247 e. The zero-order valence-corrected chi connectivity index (χ0v) is 14.5. The Labute approximate surface area is 140 Å². The molecule has 0 spiro atoms. The third-order valence-corrected chi connectivity index (χ3v) is 8.55. The highest BCUT2D eigenvalue weighted by Gasteiger charge is 2.53. The largest absolute Gasteiger partial charge is 0.353 e. The van der Waals surface area contributed by atoms with E-state index in [0.717, 1.165) is 40.4 Å². The molecule has 126 valence electrons. The molecule has 0 aliphatic heterocycles. The number of carbonyl (C=O) groups excluding carboxylic acids is 1. The zero-order valence-electron chi connectivity index (χ0n) is 12.9. The molecule has 2 bridgehead atoms. The standard InChI is InChI=1S/C16H22N2O3S2/c17-23(20,21)16-5-4-10(22-16)8-15(19)18-14-7-9-6-13(14)12-3-1-2-11(9)12/h4-5,9,11-14H,1-3,6-8H2,(H,18,19)(H2,17,20,21)/t9-,11+,12+,13+,14-/m1/s1. The third kappa shape index (κ3) is 2.83. The van der Waals surface area contributed by atoms with Crippen LogP contribution in [0.3, 0.4) is 0 Å². The summed E-state index contributed by atoms with van der Waals surface area (Å²) in [6.45, 7) is 0. The molecule has 3 fully saturated rings. The van der Waals surface area contributed by atoms with Crippen LogP contribution >= 0.6 is 11.3 Å². The van der Waals surface area contributed by atoms with E-state index < -0.39 is 10.0 Å². The molecule has 7 heteroatoms. The highest BCUT2D eigenvalue weighted by molar-refractivity contribution is 7.91. The molecule has 0 unspecified atom stereocenters. The van der Waals surface area contributed by atoms with Crippen molar-refractivity contribution < 1.29 is 13.2 Å². The molecule has 1 aromatic rings. The van der Waals surface area contributed by atoms with E-state index in [1.165, 1.54) is 31.7 Å². The normalized spacial score (nSPS) is 35.4. The number of fused-ring (bicyclic) bond motifs is 5. The van der Waals surface area contributed by atoms with Crippen LogP contribution in [0.1, 0.15) is 37.0 Å². The third-order valence-electron chi connectivity index (χ3n) is 6.03. The molecule has 23 heavy (non-hydrogen) atoms. The predicted octanol–water partition coefficient (Wildman–Crippen LogP) is 1.88. The Morgan fingerprint density at radius 3 is 2.74 bits per heavy atom. The topological polar surface area (TPSA) is 89.3 Å². The Morgan fingerprint density at radius 1 is 1.22 bits per heavy atom. The number of primary sulfonamides is 1. The number of hydrogen-bond donors (Lipinski definition) is 2. The minimum Gasteiger partial charge on any atom is -0.353 e. The lowest BCUT2D eigenvalue weighted by atomic mass is 9.79. The molecule has 0 radical (unpaired) electrons. The van der Waals surface area contributed by atoms with Crippen molar-refractivity contribution in [2.75, 3.05) is 0 Å². The molecule has 0 saturated heterocycles. The predicted molar refractivity (Wildman–Crippen MR) is 88.4 cm³/mol. The van der Waals surface area contributed by atoms with Crippen LogP contribution in [0, 0.1) is 23.7 Å². The van der Waals surface area contributed by atoms with E-state index >= 15 is 0 Å². The van der Waals surface area contributed by atoms with Crippen LogP contribution in [0.25, 0.3) is 0 Å². The number of rotatable bonds is 4. The van der Waals surface area contributed by atoms with E-state index in [-0.39, 0.29) is 16.5 Å². The van der Waals surface area contributed by atoms with Crippen LogP contribution in [0.4, 0.5) is 0 Å². The minimum absolute atomic E-state index is 0.0000775. The smallest absolute Gasteiger partial charge is 0.247 e. The van der Waals surface area contributed by atoms with Gasteiger partial charge in [0.25, 0.3) is 0 Å². The molecular weight excluding hydrogens is 332 g/mol. The van der Waals surface area contributed by atoms with Crippen molar-refractivity contribution in [3.05, 3.63) is 17.0 Å².